The summed E-state index contributed by atoms with van der Waals surface area (Å²) in [5.74, 6) is 0.679. The summed E-state index contributed by atoms with van der Waals surface area (Å²) < 4.78 is 5.28. The van der Waals surface area contributed by atoms with Crippen LogP contribution in [0.25, 0.3) is 0 Å². The van der Waals surface area contributed by atoms with Crippen LogP contribution in [0.2, 0.25) is 0 Å². The van der Waals surface area contributed by atoms with E-state index in [1.807, 2.05) is 49.4 Å². The van der Waals surface area contributed by atoms with Crippen molar-refractivity contribution in [1.82, 2.24) is 0 Å². The van der Waals surface area contributed by atoms with E-state index in [9.17, 15) is 0 Å². The van der Waals surface area contributed by atoms with E-state index in [-0.39, 0.29) is 6.61 Å². The fourth-order valence-corrected chi connectivity index (χ4v) is 1.94. The van der Waals surface area contributed by atoms with Gasteiger partial charge in [0.15, 0.2) is 6.61 Å². The largest absolute Gasteiger partial charge is 0.479 e. The summed E-state index contributed by atoms with van der Waals surface area (Å²) in [7, 11) is 0. The van der Waals surface area contributed by atoms with E-state index >= 15 is 0 Å². The van der Waals surface area contributed by atoms with E-state index in [0.717, 1.165) is 16.8 Å². The van der Waals surface area contributed by atoms with E-state index in [2.05, 4.69) is 11.4 Å². The summed E-state index contributed by atoms with van der Waals surface area (Å²) in [6, 6.07) is 17.2. The van der Waals surface area contributed by atoms with Crippen LogP contribution in [-0.4, -0.2) is 6.61 Å². The highest BCUT2D eigenvalue weighted by molar-refractivity contribution is 5.55. The van der Waals surface area contributed by atoms with Gasteiger partial charge in [-0.3, -0.25) is 0 Å². The average molecular weight is 277 g/mol. The Morgan fingerprint density at radius 2 is 2.00 bits per heavy atom. The molecule has 0 heterocycles. The van der Waals surface area contributed by atoms with Crippen LogP contribution in [0, 0.1) is 29.6 Å². The van der Waals surface area contributed by atoms with Gasteiger partial charge in [-0.1, -0.05) is 18.2 Å². The molecule has 0 aromatic heterocycles. The maximum atomic E-state index is 8.94. The maximum absolute atomic E-state index is 8.94. The van der Waals surface area contributed by atoms with Crippen LogP contribution < -0.4 is 10.1 Å². The van der Waals surface area contributed by atoms with Crippen molar-refractivity contribution in [2.24, 2.45) is 0 Å². The van der Waals surface area contributed by atoms with E-state index in [4.69, 9.17) is 15.3 Å². The summed E-state index contributed by atoms with van der Waals surface area (Å²) in [6.45, 7) is 2.66. The molecule has 0 atom stereocenters. The highest BCUT2D eigenvalue weighted by Gasteiger charge is 2.01. The molecule has 2 aromatic rings. The predicted octanol–water partition coefficient (Wildman–Crippen LogP) is 3.38. The molecule has 2 aromatic carbocycles. The molecule has 1 N–H and O–H groups in total. The van der Waals surface area contributed by atoms with Gasteiger partial charge in [-0.25, -0.2) is 0 Å². The van der Waals surface area contributed by atoms with Crippen LogP contribution in [0.1, 0.15) is 16.7 Å². The average Bonchev–Trinajstić information content (AvgIpc) is 2.52. The number of hydrogen-bond donors (Lipinski definition) is 1. The van der Waals surface area contributed by atoms with Crippen molar-refractivity contribution in [3.8, 4) is 17.9 Å². The van der Waals surface area contributed by atoms with Gasteiger partial charge in [-0.2, -0.15) is 10.5 Å². The molecule has 0 saturated carbocycles. The minimum atomic E-state index is 0.0419. The van der Waals surface area contributed by atoms with E-state index < -0.39 is 0 Å². The van der Waals surface area contributed by atoms with Crippen molar-refractivity contribution in [2.45, 2.75) is 13.5 Å². The number of anilines is 1. The quantitative estimate of drug-likeness (QED) is 0.909. The molecule has 0 bridgehead atoms. The topological polar surface area (TPSA) is 68.8 Å². The third-order valence-corrected chi connectivity index (χ3v) is 3.05. The van der Waals surface area contributed by atoms with Crippen LogP contribution in [0.4, 0.5) is 5.69 Å². The van der Waals surface area contributed by atoms with E-state index in [1.54, 1.807) is 6.07 Å². The Bertz CT molecular complexity index is 711. The van der Waals surface area contributed by atoms with Gasteiger partial charge in [0.1, 0.15) is 11.8 Å². The lowest BCUT2D eigenvalue weighted by molar-refractivity contribution is 0.368. The smallest absolute Gasteiger partial charge is 0.174 e. The van der Waals surface area contributed by atoms with Gasteiger partial charge in [0.05, 0.1) is 11.6 Å². The molecule has 104 valence electrons. The Hall–Kier alpha value is -2.98. The Balaban J connectivity index is 2.06. The van der Waals surface area contributed by atoms with Crippen LogP contribution in [0.15, 0.2) is 42.5 Å². The monoisotopic (exact) mass is 277 g/mol. The molecule has 0 unspecified atom stereocenters. The van der Waals surface area contributed by atoms with Crippen molar-refractivity contribution in [1.29, 1.82) is 10.5 Å². The van der Waals surface area contributed by atoms with Crippen molar-refractivity contribution in [2.75, 3.05) is 11.9 Å². The Morgan fingerprint density at radius 3 is 2.76 bits per heavy atom. The molecule has 0 aliphatic rings. The second-order valence-corrected chi connectivity index (χ2v) is 4.59. The molecule has 0 aliphatic heterocycles. The molecule has 0 aliphatic carbocycles. The van der Waals surface area contributed by atoms with Crippen molar-refractivity contribution in [3.63, 3.8) is 0 Å². The molecule has 21 heavy (non-hydrogen) atoms. The first-order chi connectivity index (χ1) is 10.2. The van der Waals surface area contributed by atoms with Crippen LogP contribution >= 0.6 is 0 Å². The molecule has 0 saturated heterocycles. The number of nitriles is 2. The molecular weight excluding hydrogens is 262 g/mol. The van der Waals surface area contributed by atoms with Crippen LogP contribution in [-0.2, 0) is 6.54 Å². The maximum Gasteiger partial charge on any atom is 0.174 e. The van der Waals surface area contributed by atoms with Gasteiger partial charge in [0.2, 0.25) is 0 Å². The normalized spacial score (nSPS) is 9.48. The Morgan fingerprint density at radius 1 is 1.14 bits per heavy atom. The summed E-state index contributed by atoms with van der Waals surface area (Å²) >= 11 is 0. The molecule has 0 fully saturated rings. The third-order valence-electron chi connectivity index (χ3n) is 3.05. The van der Waals surface area contributed by atoms with Crippen molar-refractivity contribution >= 4 is 5.69 Å². The Kier molecular flexibility index (Phi) is 4.79. The van der Waals surface area contributed by atoms with Gasteiger partial charge in [0, 0.05) is 12.2 Å². The minimum Gasteiger partial charge on any atom is -0.479 e. The molecular formula is C17H15N3O. The lowest BCUT2D eigenvalue weighted by Gasteiger charge is -2.11. The van der Waals surface area contributed by atoms with Gasteiger partial charge in [-0.15, -0.1) is 0 Å². The van der Waals surface area contributed by atoms with Crippen molar-refractivity contribution < 1.29 is 4.74 Å². The van der Waals surface area contributed by atoms with E-state index in [0.29, 0.717) is 17.9 Å². The van der Waals surface area contributed by atoms with Gasteiger partial charge >= 0.3 is 0 Å². The minimum absolute atomic E-state index is 0.0419. The van der Waals surface area contributed by atoms with Crippen LogP contribution in [0.5, 0.6) is 5.75 Å². The van der Waals surface area contributed by atoms with Gasteiger partial charge < -0.3 is 10.1 Å². The summed E-state index contributed by atoms with van der Waals surface area (Å²) in [5.41, 5.74) is 3.71. The molecule has 0 radical (unpaired) electrons. The number of nitrogens with zero attached hydrogens (tertiary/aromatic N) is 2. The number of aryl methyl sites for hydroxylation is 1. The van der Waals surface area contributed by atoms with E-state index in [1.165, 1.54) is 0 Å². The van der Waals surface area contributed by atoms with Crippen molar-refractivity contribution in [3.05, 3.63) is 59.2 Å². The first-order valence-electron chi connectivity index (χ1n) is 6.56. The summed E-state index contributed by atoms with van der Waals surface area (Å²) in [5, 5.41) is 20.8. The zero-order valence-electron chi connectivity index (χ0n) is 11.8. The van der Waals surface area contributed by atoms with Crippen LogP contribution in [0.3, 0.4) is 0 Å². The zero-order chi connectivity index (χ0) is 15.1. The molecule has 4 nitrogen and oxygen atoms in total. The number of ether oxygens (including phenoxy) is 1. The van der Waals surface area contributed by atoms with Gasteiger partial charge in [0.25, 0.3) is 0 Å². The predicted molar refractivity (Wildman–Crippen MR) is 80.8 cm³/mol. The lowest BCUT2D eigenvalue weighted by atomic mass is 10.1. The molecule has 4 heteroatoms. The highest BCUT2D eigenvalue weighted by Crippen LogP contribution is 2.19. The SMILES string of the molecule is Cc1ccc(C#N)cc1NCc1cccc(OCC#N)c1. The molecule has 0 spiro atoms. The first kappa shape index (κ1) is 14.4. The second kappa shape index (κ2) is 6.98. The first-order valence-corrected chi connectivity index (χ1v) is 6.56. The Labute approximate surface area is 124 Å². The fraction of sp³-hybridized carbons (Fsp3) is 0.176. The second-order valence-electron chi connectivity index (χ2n) is 4.59. The number of nitrogens with one attached hydrogen (secondary N) is 1. The third kappa shape index (κ3) is 3.99. The number of rotatable bonds is 5. The van der Waals surface area contributed by atoms with Gasteiger partial charge in [-0.05, 0) is 42.3 Å². The molecule has 0 amide bonds. The summed E-state index contributed by atoms with van der Waals surface area (Å²) in [6.07, 6.45) is 0. The fourth-order valence-electron chi connectivity index (χ4n) is 1.94. The number of benzene rings is 2. The number of hydrogen-bond acceptors (Lipinski definition) is 4. The lowest BCUT2D eigenvalue weighted by Crippen LogP contribution is -2.02. The zero-order valence-corrected chi connectivity index (χ0v) is 11.8. The highest BCUT2D eigenvalue weighted by atomic mass is 16.5. The molecule has 2 rings (SSSR count). The summed E-state index contributed by atoms with van der Waals surface area (Å²) in [4.78, 5) is 0. The standard InChI is InChI=1S/C17H15N3O/c1-13-5-6-14(11-19)10-17(13)20-12-15-3-2-4-16(9-15)21-8-7-18/h2-6,9-10,20H,8,12H2,1H3.